The zero-order valence-electron chi connectivity index (χ0n) is 14.2. The van der Waals surface area contributed by atoms with Gasteiger partial charge in [0.2, 0.25) is 5.95 Å². The lowest BCUT2D eigenvalue weighted by molar-refractivity contribution is 0.0933. The molecule has 6 nitrogen and oxygen atoms in total. The van der Waals surface area contributed by atoms with Gasteiger partial charge in [-0.05, 0) is 41.5 Å². The van der Waals surface area contributed by atoms with E-state index >= 15 is 0 Å². The van der Waals surface area contributed by atoms with Gasteiger partial charge in [0.15, 0.2) is 0 Å². The Morgan fingerprint density at radius 2 is 1.92 bits per heavy atom. The Hall–Kier alpha value is -2.73. The van der Waals surface area contributed by atoms with E-state index in [1.54, 1.807) is 4.68 Å². The minimum atomic E-state index is 0.123. The molecule has 0 spiro atoms. The van der Waals surface area contributed by atoms with Crippen molar-refractivity contribution < 1.29 is 4.74 Å². The second kappa shape index (κ2) is 7.03. The van der Waals surface area contributed by atoms with Gasteiger partial charge in [-0.25, -0.2) is 0 Å². The molecule has 0 saturated carbocycles. The molecule has 1 fully saturated rings. The Bertz CT molecular complexity index is 815. The van der Waals surface area contributed by atoms with E-state index in [1.807, 2.05) is 18.2 Å². The molecule has 0 amide bonds. The molecule has 4 rings (SSSR count). The van der Waals surface area contributed by atoms with Crippen LogP contribution < -0.4 is 5.32 Å². The van der Waals surface area contributed by atoms with Crippen LogP contribution in [0.25, 0.3) is 5.69 Å². The number of anilines is 1. The molecule has 1 saturated heterocycles. The number of hydrogen-bond acceptors (Lipinski definition) is 5. The number of benzene rings is 2. The van der Waals surface area contributed by atoms with Crippen LogP contribution in [0.5, 0.6) is 0 Å². The third kappa shape index (κ3) is 3.39. The van der Waals surface area contributed by atoms with Gasteiger partial charge < -0.3 is 10.1 Å². The number of nitrogens with zero attached hydrogens (tertiary/aromatic N) is 4. The molecule has 1 N–H and O–H groups in total. The summed E-state index contributed by atoms with van der Waals surface area (Å²) >= 11 is 0. The van der Waals surface area contributed by atoms with Crippen LogP contribution in [0.1, 0.15) is 23.7 Å². The molecular weight excluding hydrogens is 314 g/mol. The van der Waals surface area contributed by atoms with Crippen LogP contribution in [0.3, 0.4) is 0 Å². The first-order valence-electron chi connectivity index (χ1n) is 8.57. The molecule has 0 radical (unpaired) electrons. The highest BCUT2D eigenvalue weighted by molar-refractivity contribution is 5.40. The second-order valence-corrected chi connectivity index (χ2v) is 6.38. The van der Waals surface area contributed by atoms with Crippen molar-refractivity contribution in [1.29, 1.82) is 0 Å². The Kier molecular flexibility index (Phi) is 4.43. The fraction of sp³-hybridized carbons (Fsp3) is 0.316. The number of hydrogen-bond donors (Lipinski definition) is 1. The minimum absolute atomic E-state index is 0.123. The van der Waals surface area contributed by atoms with Gasteiger partial charge in [-0.3, -0.25) is 0 Å². The molecule has 1 aliphatic rings. The smallest absolute Gasteiger partial charge is 0.247 e. The third-order valence-corrected chi connectivity index (χ3v) is 4.61. The van der Waals surface area contributed by atoms with Gasteiger partial charge >= 0.3 is 0 Å². The number of rotatable bonds is 5. The molecule has 0 aliphatic carbocycles. The van der Waals surface area contributed by atoms with Crippen LogP contribution in [-0.4, -0.2) is 33.4 Å². The second-order valence-electron chi connectivity index (χ2n) is 6.38. The molecule has 6 heteroatoms. The molecular formula is C19H21N5O. The Morgan fingerprint density at radius 3 is 2.72 bits per heavy atom. The number of tetrazole rings is 1. The molecule has 2 heterocycles. The number of aromatic nitrogens is 4. The van der Waals surface area contributed by atoms with Gasteiger partial charge in [-0.1, -0.05) is 53.1 Å². The number of nitrogens with one attached hydrogen (secondary N) is 1. The van der Waals surface area contributed by atoms with Crippen molar-refractivity contribution in [3.8, 4) is 5.69 Å². The summed E-state index contributed by atoms with van der Waals surface area (Å²) in [6.45, 7) is 3.62. The third-order valence-electron chi connectivity index (χ3n) is 4.61. The molecule has 3 aromatic rings. The van der Waals surface area contributed by atoms with Gasteiger partial charge in [-0.2, -0.15) is 4.68 Å². The normalized spacial score (nSPS) is 19.9. The van der Waals surface area contributed by atoms with Gasteiger partial charge in [-0.15, -0.1) is 0 Å². The first-order valence-corrected chi connectivity index (χ1v) is 8.57. The topological polar surface area (TPSA) is 64.9 Å². The average Bonchev–Trinajstić information content (AvgIpc) is 3.30. The molecule has 25 heavy (non-hydrogen) atoms. The minimum Gasteiger partial charge on any atom is -0.373 e. The lowest BCUT2D eigenvalue weighted by Crippen LogP contribution is -2.19. The van der Waals surface area contributed by atoms with Crippen molar-refractivity contribution in [2.75, 3.05) is 18.5 Å². The molecule has 2 aromatic carbocycles. The van der Waals surface area contributed by atoms with Crippen LogP contribution in [0.2, 0.25) is 0 Å². The van der Waals surface area contributed by atoms with Gasteiger partial charge in [0.1, 0.15) is 0 Å². The molecule has 2 unspecified atom stereocenters. The van der Waals surface area contributed by atoms with Crippen molar-refractivity contribution in [2.45, 2.75) is 19.4 Å². The zero-order valence-corrected chi connectivity index (χ0v) is 14.2. The summed E-state index contributed by atoms with van der Waals surface area (Å²) in [5, 5.41) is 15.4. The van der Waals surface area contributed by atoms with Gasteiger partial charge in [0, 0.05) is 19.1 Å². The summed E-state index contributed by atoms with van der Waals surface area (Å²) in [5.41, 5.74) is 3.38. The summed E-state index contributed by atoms with van der Waals surface area (Å²) < 4.78 is 7.68. The Morgan fingerprint density at radius 1 is 1.12 bits per heavy atom. The lowest BCUT2D eigenvalue weighted by atomic mass is 9.95. The maximum Gasteiger partial charge on any atom is 0.247 e. The highest BCUT2D eigenvalue weighted by atomic mass is 16.5. The van der Waals surface area contributed by atoms with E-state index in [0.717, 1.165) is 25.3 Å². The molecule has 2 atom stereocenters. The monoisotopic (exact) mass is 335 g/mol. The van der Waals surface area contributed by atoms with E-state index in [0.29, 0.717) is 11.9 Å². The van der Waals surface area contributed by atoms with Crippen molar-refractivity contribution >= 4 is 5.95 Å². The maximum absolute atomic E-state index is 5.95. The summed E-state index contributed by atoms with van der Waals surface area (Å²) in [7, 11) is 0. The van der Waals surface area contributed by atoms with E-state index < -0.39 is 0 Å². The van der Waals surface area contributed by atoms with E-state index in [1.165, 1.54) is 11.1 Å². The number of ether oxygens (including phenoxy) is 1. The first-order chi connectivity index (χ1) is 12.3. The zero-order chi connectivity index (χ0) is 17.1. The van der Waals surface area contributed by atoms with Crippen LogP contribution in [0, 0.1) is 12.8 Å². The highest BCUT2D eigenvalue weighted by Gasteiger charge is 2.29. The summed E-state index contributed by atoms with van der Waals surface area (Å²) in [5.74, 6) is 1.05. The van der Waals surface area contributed by atoms with Crippen molar-refractivity contribution in [2.24, 2.45) is 5.92 Å². The number of aryl methyl sites for hydroxylation is 1. The quantitative estimate of drug-likeness (QED) is 0.776. The summed E-state index contributed by atoms with van der Waals surface area (Å²) in [6, 6.07) is 18.5. The van der Waals surface area contributed by atoms with Crippen LogP contribution in [0.4, 0.5) is 5.95 Å². The van der Waals surface area contributed by atoms with Crippen molar-refractivity contribution in [1.82, 2.24) is 20.2 Å². The molecule has 0 bridgehead atoms. The van der Waals surface area contributed by atoms with Crippen LogP contribution in [0.15, 0.2) is 54.6 Å². The molecule has 1 aliphatic heterocycles. The first kappa shape index (κ1) is 15.8. The summed E-state index contributed by atoms with van der Waals surface area (Å²) in [4.78, 5) is 0. The van der Waals surface area contributed by atoms with E-state index in [9.17, 15) is 0 Å². The average molecular weight is 335 g/mol. The van der Waals surface area contributed by atoms with Gasteiger partial charge in [0.05, 0.1) is 11.8 Å². The Balaban J connectivity index is 1.47. The molecule has 128 valence electrons. The fourth-order valence-electron chi connectivity index (χ4n) is 3.23. The van der Waals surface area contributed by atoms with E-state index in [4.69, 9.17) is 4.74 Å². The predicted molar refractivity (Wildman–Crippen MR) is 95.6 cm³/mol. The van der Waals surface area contributed by atoms with Crippen molar-refractivity contribution in [3.05, 3.63) is 65.7 Å². The van der Waals surface area contributed by atoms with Gasteiger partial charge in [0.25, 0.3) is 0 Å². The largest absolute Gasteiger partial charge is 0.373 e. The highest BCUT2D eigenvalue weighted by Crippen LogP contribution is 2.34. The predicted octanol–water partition coefficient (Wildman–Crippen LogP) is 3.16. The van der Waals surface area contributed by atoms with E-state index in [2.05, 4.69) is 64.2 Å². The van der Waals surface area contributed by atoms with Crippen LogP contribution in [-0.2, 0) is 4.74 Å². The lowest BCUT2D eigenvalue weighted by Gasteiger charge is -2.19. The fourth-order valence-corrected chi connectivity index (χ4v) is 3.23. The molecule has 1 aromatic heterocycles. The van der Waals surface area contributed by atoms with Crippen LogP contribution >= 0.6 is 0 Å². The Labute approximate surface area is 146 Å². The standard InChI is InChI=1S/C19H21N5O/c1-14-7-9-17(10-8-14)24-19(21-22-23-24)20-13-16-11-12-25-18(16)15-5-3-2-4-6-15/h2-10,16,18H,11-13H2,1H3,(H,20,21,23). The van der Waals surface area contributed by atoms with Crippen molar-refractivity contribution in [3.63, 3.8) is 0 Å². The van der Waals surface area contributed by atoms with E-state index in [-0.39, 0.29) is 6.10 Å². The summed E-state index contributed by atoms with van der Waals surface area (Å²) in [6.07, 6.45) is 1.15. The maximum atomic E-state index is 5.95. The SMILES string of the molecule is Cc1ccc(-n2nnnc2NCC2CCOC2c2ccccc2)cc1.